The average molecular weight is 526 g/mol. The second kappa shape index (κ2) is 9.43. The van der Waals surface area contributed by atoms with Gasteiger partial charge >= 0.3 is 0 Å². The molecule has 0 atom stereocenters. The fourth-order valence-corrected chi connectivity index (χ4v) is 6.73. The van der Waals surface area contributed by atoms with E-state index in [1.165, 1.54) is 11.3 Å². The van der Waals surface area contributed by atoms with Gasteiger partial charge in [-0.2, -0.15) is 0 Å². The van der Waals surface area contributed by atoms with Gasteiger partial charge in [-0.1, -0.05) is 29.8 Å². The fourth-order valence-electron chi connectivity index (χ4n) is 3.73. The minimum absolute atomic E-state index is 0.116. The van der Waals surface area contributed by atoms with Gasteiger partial charge in [0.15, 0.2) is 11.5 Å². The van der Waals surface area contributed by atoms with Crippen molar-refractivity contribution < 1.29 is 17.6 Å². The van der Waals surface area contributed by atoms with E-state index in [4.69, 9.17) is 16.0 Å². The third-order valence-electron chi connectivity index (χ3n) is 5.46. The number of fused-ring (bicyclic) bond motifs is 2. The van der Waals surface area contributed by atoms with Crippen molar-refractivity contribution in [2.75, 3.05) is 11.9 Å². The second-order valence-electron chi connectivity index (χ2n) is 7.91. The maximum atomic E-state index is 12.9. The molecule has 1 amide bonds. The molecule has 0 bridgehead atoms. The van der Waals surface area contributed by atoms with Crippen LogP contribution in [-0.2, 0) is 16.4 Å². The SMILES string of the molecule is Cc1c(S(=O)(=O)NCCc2nc3cc(C(=O)Nc4ccccc4)ccc3o2)sc2ccc(Cl)cc12. The summed E-state index contributed by atoms with van der Waals surface area (Å²) >= 11 is 7.27. The summed E-state index contributed by atoms with van der Waals surface area (Å²) in [6.45, 7) is 1.89. The third-order valence-corrected chi connectivity index (χ3v) is 9.04. The molecule has 7 nitrogen and oxygen atoms in total. The summed E-state index contributed by atoms with van der Waals surface area (Å²) in [5.41, 5.74) is 2.87. The van der Waals surface area contributed by atoms with Crippen LogP contribution in [0.2, 0.25) is 5.02 Å². The normalized spacial score (nSPS) is 11.8. The van der Waals surface area contributed by atoms with E-state index in [1.807, 2.05) is 24.3 Å². The zero-order valence-electron chi connectivity index (χ0n) is 18.5. The first-order chi connectivity index (χ1) is 16.8. The zero-order valence-corrected chi connectivity index (χ0v) is 20.9. The van der Waals surface area contributed by atoms with E-state index in [2.05, 4.69) is 15.0 Å². The number of rotatable bonds is 7. The van der Waals surface area contributed by atoms with Crippen LogP contribution in [0.15, 0.2) is 75.4 Å². The van der Waals surface area contributed by atoms with E-state index < -0.39 is 10.0 Å². The summed E-state index contributed by atoms with van der Waals surface area (Å²) in [5, 5.41) is 4.22. The van der Waals surface area contributed by atoms with Gasteiger partial charge in [0.2, 0.25) is 10.0 Å². The Bertz CT molecular complexity index is 1660. The van der Waals surface area contributed by atoms with Crippen LogP contribution >= 0.6 is 22.9 Å². The fraction of sp³-hybridized carbons (Fsp3) is 0.120. The minimum atomic E-state index is -3.71. The number of oxazole rings is 1. The summed E-state index contributed by atoms with van der Waals surface area (Å²) in [6, 6.07) is 19.5. The lowest BCUT2D eigenvalue weighted by molar-refractivity contribution is 0.102. The average Bonchev–Trinajstić information content (AvgIpc) is 3.40. The third kappa shape index (κ3) is 4.94. The standard InChI is InChI=1S/C25H20ClN3O4S2/c1-15-19-14-17(26)8-10-22(19)34-25(15)35(31,32)27-12-11-23-29-20-13-16(7-9-21(20)33-23)24(30)28-18-5-3-2-4-6-18/h2-10,13-14,27H,11-12H2,1H3,(H,28,30). The Morgan fingerprint density at radius 1 is 1.09 bits per heavy atom. The number of thiophene rings is 1. The summed E-state index contributed by atoms with van der Waals surface area (Å²) in [4.78, 5) is 17.0. The number of aromatic nitrogens is 1. The van der Waals surface area contributed by atoms with Crippen molar-refractivity contribution in [1.82, 2.24) is 9.71 Å². The molecule has 0 radical (unpaired) electrons. The number of nitrogens with zero attached hydrogens (tertiary/aromatic N) is 1. The lowest BCUT2D eigenvalue weighted by atomic mass is 10.2. The number of hydrogen-bond donors (Lipinski definition) is 2. The molecule has 0 unspecified atom stereocenters. The molecule has 0 saturated heterocycles. The van der Waals surface area contributed by atoms with Gasteiger partial charge in [-0.3, -0.25) is 4.79 Å². The Morgan fingerprint density at radius 2 is 1.89 bits per heavy atom. The van der Waals surface area contributed by atoms with Gasteiger partial charge in [0.05, 0.1) is 0 Å². The predicted octanol–water partition coefficient (Wildman–Crippen LogP) is 5.78. The number of amides is 1. The molecule has 5 aromatic rings. The number of benzene rings is 3. The number of para-hydroxylation sites is 1. The van der Waals surface area contributed by atoms with Crippen LogP contribution in [0.3, 0.4) is 0 Å². The van der Waals surface area contributed by atoms with Crippen molar-refractivity contribution in [3.8, 4) is 0 Å². The van der Waals surface area contributed by atoms with Crippen molar-refractivity contribution in [2.45, 2.75) is 17.6 Å². The summed E-state index contributed by atoms with van der Waals surface area (Å²) in [6.07, 6.45) is 0.259. The number of nitrogens with one attached hydrogen (secondary N) is 2. The number of halogens is 1. The molecular weight excluding hydrogens is 506 g/mol. The van der Waals surface area contributed by atoms with Crippen LogP contribution in [0.1, 0.15) is 21.8 Å². The van der Waals surface area contributed by atoms with Crippen LogP contribution in [0.5, 0.6) is 0 Å². The highest BCUT2D eigenvalue weighted by Gasteiger charge is 2.22. The number of sulfonamides is 1. The first-order valence-electron chi connectivity index (χ1n) is 10.7. The van der Waals surface area contributed by atoms with Crippen molar-refractivity contribution in [3.63, 3.8) is 0 Å². The van der Waals surface area contributed by atoms with Crippen LogP contribution in [-0.4, -0.2) is 25.9 Å². The molecular formula is C25H20ClN3O4S2. The maximum Gasteiger partial charge on any atom is 0.255 e. The molecule has 0 aliphatic heterocycles. The van der Waals surface area contributed by atoms with Gasteiger partial charge in [-0.15, -0.1) is 11.3 Å². The molecule has 0 fully saturated rings. The van der Waals surface area contributed by atoms with Crippen molar-refractivity contribution in [2.24, 2.45) is 0 Å². The van der Waals surface area contributed by atoms with Gasteiger partial charge in [0, 0.05) is 33.9 Å². The lowest BCUT2D eigenvalue weighted by Gasteiger charge is -2.04. The van der Waals surface area contributed by atoms with Gasteiger partial charge in [-0.05, 0) is 66.4 Å². The molecule has 2 N–H and O–H groups in total. The molecule has 35 heavy (non-hydrogen) atoms. The number of carbonyl (C=O) groups is 1. The molecule has 10 heteroatoms. The number of aryl methyl sites for hydroxylation is 1. The molecule has 3 aromatic carbocycles. The molecule has 2 aromatic heterocycles. The number of anilines is 1. The van der Waals surface area contributed by atoms with Gasteiger partial charge in [-0.25, -0.2) is 18.1 Å². The Balaban J connectivity index is 1.27. The highest BCUT2D eigenvalue weighted by Crippen LogP contribution is 2.35. The Morgan fingerprint density at radius 3 is 2.69 bits per heavy atom. The monoisotopic (exact) mass is 525 g/mol. The molecule has 178 valence electrons. The van der Waals surface area contributed by atoms with Crippen LogP contribution in [0.4, 0.5) is 5.69 Å². The van der Waals surface area contributed by atoms with E-state index in [0.29, 0.717) is 38.8 Å². The van der Waals surface area contributed by atoms with E-state index in [-0.39, 0.29) is 23.1 Å². The molecule has 2 heterocycles. The van der Waals surface area contributed by atoms with E-state index in [9.17, 15) is 13.2 Å². The smallest absolute Gasteiger partial charge is 0.255 e. The van der Waals surface area contributed by atoms with Gasteiger partial charge < -0.3 is 9.73 Å². The number of carbonyl (C=O) groups excluding carboxylic acids is 1. The zero-order chi connectivity index (χ0) is 24.6. The minimum Gasteiger partial charge on any atom is -0.441 e. The Labute approximate surface area is 210 Å². The van der Waals surface area contributed by atoms with Crippen LogP contribution in [0.25, 0.3) is 21.2 Å². The highest BCUT2D eigenvalue weighted by atomic mass is 35.5. The first kappa shape index (κ1) is 23.5. The van der Waals surface area contributed by atoms with E-state index in [1.54, 1.807) is 49.4 Å². The predicted molar refractivity (Wildman–Crippen MR) is 139 cm³/mol. The second-order valence-corrected chi connectivity index (χ2v) is 11.4. The van der Waals surface area contributed by atoms with Gasteiger partial charge in [0.25, 0.3) is 5.91 Å². The number of hydrogen-bond acceptors (Lipinski definition) is 6. The summed E-state index contributed by atoms with van der Waals surface area (Å²) < 4.78 is 35.3. The summed E-state index contributed by atoms with van der Waals surface area (Å²) in [5.74, 6) is 0.124. The van der Waals surface area contributed by atoms with Crippen LogP contribution < -0.4 is 10.0 Å². The lowest BCUT2D eigenvalue weighted by Crippen LogP contribution is -2.25. The van der Waals surface area contributed by atoms with Crippen LogP contribution in [0, 0.1) is 6.92 Å². The first-order valence-corrected chi connectivity index (χ1v) is 13.4. The summed E-state index contributed by atoms with van der Waals surface area (Å²) in [7, 11) is -3.71. The van der Waals surface area contributed by atoms with E-state index in [0.717, 1.165) is 10.1 Å². The molecule has 0 aliphatic rings. The molecule has 0 spiro atoms. The van der Waals surface area contributed by atoms with Crippen molar-refractivity contribution in [3.05, 3.63) is 88.8 Å². The van der Waals surface area contributed by atoms with Gasteiger partial charge in [0.1, 0.15) is 9.73 Å². The highest BCUT2D eigenvalue weighted by molar-refractivity contribution is 7.91. The largest absolute Gasteiger partial charge is 0.441 e. The molecule has 0 aliphatic carbocycles. The van der Waals surface area contributed by atoms with Crippen molar-refractivity contribution >= 4 is 65.7 Å². The quantitative estimate of drug-likeness (QED) is 0.280. The molecule has 5 rings (SSSR count). The molecule has 0 saturated carbocycles. The van der Waals surface area contributed by atoms with E-state index >= 15 is 0 Å². The maximum absolute atomic E-state index is 12.9. The topological polar surface area (TPSA) is 101 Å². The Hall–Kier alpha value is -3.24. The van der Waals surface area contributed by atoms with Crippen molar-refractivity contribution in [1.29, 1.82) is 0 Å². The Kier molecular flexibility index (Phi) is 6.33.